The number of carboxylic acid groups (broad SMARTS) is 1. The summed E-state index contributed by atoms with van der Waals surface area (Å²) in [7, 11) is 0. The van der Waals surface area contributed by atoms with Crippen molar-refractivity contribution < 1.29 is 19.6 Å². The highest BCUT2D eigenvalue weighted by Crippen LogP contribution is 2.32. The van der Waals surface area contributed by atoms with Crippen molar-refractivity contribution in [3.8, 4) is 5.75 Å². The maximum atomic E-state index is 11.3. The third-order valence-corrected chi connectivity index (χ3v) is 2.92. The Morgan fingerprint density at radius 2 is 2.10 bits per heavy atom. The number of nitrogens with zero attached hydrogens (tertiary/aromatic N) is 1. The molecule has 0 aliphatic heterocycles. The van der Waals surface area contributed by atoms with E-state index in [4.69, 9.17) is 4.74 Å². The first-order valence-electron chi connectivity index (χ1n) is 6.65. The molecule has 6 heteroatoms. The van der Waals surface area contributed by atoms with Gasteiger partial charge >= 0.3 is 11.7 Å². The molecule has 1 N–H and O–H groups in total. The lowest BCUT2D eigenvalue weighted by Crippen LogP contribution is -2.12. The Bertz CT molecular complexity index is 486. The molecule has 0 aliphatic carbocycles. The average Bonchev–Trinajstić information content (AvgIpc) is 2.41. The van der Waals surface area contributed by atoms with Crippen molar-refractivity contribution in [2.45, 2.75) is 39.0 Å². The zero-order valence-electron chi connectivity index (χ0n) is 11.7. The van der Waals surface area contributed by atoms with Crippen LogP contribution in [-0.2, 0) is 4.79 Å². The first kappa shape index (κ1) is 15.9. The molecule has 0 aliphatic rings. The molecule has 0 bridgehead atoms. The third kappa shape index (κ3) is 3.94. The Hall–Kier alpha value is -2.11. The standard InChI is InChI=1S/C14H19NO5/c1-3-5-11(14(16)17)10-6-7-12(15(18)19)13(9-10)20-8-4-2/h6-7,9,11H,3-5,8H2,1-2H3,(H,16,17). The van der Waals surface area contributed by atoms with Crippen LogP contribution in [0.2, 0.25) is 0 Å². The summed E-state index contributed by atoms with van der Waals surface area (Å²) in [4.78, 5) is 21.7. The second kappa shape index (κ2) is 7.47. The van der Waals surface area contributed by atoms with Gasteiger partial charge in [-0.1, -0.05) is 26.3 Å². The lowest BCUT2D eigenvalue weighted by atomic mass is 9.94. The summed E-state index contributed by atoms with van der Waals surface area (Å²) in [5, 5.41) is 20.2. The fraction of sp³-hybridized carbons (Fsp3) is 0.500. The molecule has 20 heavy (non-hydrogen) atoms. The van der Waals surface area contributed by atoms with Gasteiger partial charge in [0.15, 0.2) is 5.75 Å². The Kier molecular flexibility index (Phi) is 5.96. The van der Waals surface area contributed by atoms with Gasteiger partial charge in [-0.25, -0.2) is 0 Å². The molecule has 0 radical (unpaired) electrons. The second-order valence-electron chi connectivity index (χ2n) is 4.51. The normalized spacial score (nSPS) is 11.9. The van der Waals surface area contributed by atoms with Crippen molar-refractivity contribution in [1.82, 2.24) is 0 Å². The number of rotatable bonds is 8. The van der Waals surface area contributed by atoms with E-state index in [1.165, 1.54) is 18.2 Å². The van der Waals surface area contributed by atoms with Gasteiger partial charge in [-0.2, -0.15) is 0 Å². The Balaban J connectivity index is 3.15. The van der Waals surface area contributed by atoms with Crippen LogP contribution in [0.3, 0.4) is 0 Å². The van der Waals surface area contributed by atoms with Crippen LogP contribution in [0.25, 0.3) is 0 Å². The smallest absolute Gasteiger partial charge is 0.310 e. The van der Waals surface area contributed by atoms with Crippen LogP contribution >= 0.6 is 0 Å². The third-order valence-electron chi connectivity index (χ3n) is 2.92. The van der Waals surface area contributed by atoms with Crippen molar-refractivity contribution >= 4 is 11.7 Å². The summed E-state index contributed by atoms with van der Waals surface area (Å²) in [5.74, 6) is -1.45. The molecule has 0 aromatic heterocycles. The van der Waals surface area contributed by atoms with E-state index in [0.717, 1.165) is 12.8 Å². The van der Waals surface area contributed by atoms with Crippen LogP contribution in [0.1, 0.15) is 44.6 Å². The number of carboxylic acids is 1. The van der Waals surface area contributed by atoms with Crippen LogP contribution in [0.15, 0.2) is 18.2 Å². The van der Waals surface area contributed by atoms with Gasteiger partial charge < -0.3 is 9.84 Å². The van der Waals surface area contributed by atoms with Crippen LogP contribution in [0.4, 0.5) is 5.69 Å². The minimum Gasteiger partial charge on any atom is -0.487 e. The summed E-state index contributed by atoms with van der Waals surface area (Å²) in [6.07, 6.45) is 1.93. The molecule has 1 aromatic rings. The highest BCUT2D eigenvalue weighted by atomic mass is 16.6. The first-order valence-corrected chi connectivity index (χ1v) is 6.65. The number of aliphatic carboxylic acids is 1. The number of benzene rings is 1. The summed E-state index contributed by atoms with van der Waals surface area (Å²) in [6, 6.07) is 4.28. The number of ether oxygens (including phenoxy) is 1. The quantitative estimate of drug-likeness (QED) is 0.583. The van der Waals surface area contributed by atoms with Crippen molar-refractivity contribution in [3.05, 3.63) is 33.9 Å². The van der Waals surface area contributed by atoms with Crippen molar-refractivity contribution in [2.75, 3.05) is 6.61 Å². The van der Waals surface area contributed by atoms with Crippen LogP contribution in [0, 0.1) is 10.1 Å². The molecule has 1 atom stereocenters. The molecule has 0 fully saturated rings. The molecular weight excluding hydrogens is 262 g/mol. The minimum atomic E-state index is -0.929. The predicted molar refractivity (Wildman–Crippen MR) is 74.2 cm³/mol. The highest BCUT2D eigenvalue weighted by molar-refractivity contribution is 5.76. The maximum Gasteiger partial charge on any atom is 0.310 e. The molecule has 110 valence electrons. The van der Waals surface area contributed by atoms with Gasteiger partial charge in [0.05, 0.1) is 17.4 Å². The summed E-state index contributed by atoms with van der Waals surface area (Å²) in [5.41, 5.74) is 0.402. The lowest BCUT2D eigenvalue weighted by Gasteiger charge is -2.13. The molecule has 0 saturated heterocycles. The second-order valence-corrected chi connectivity index (χ2v) is 4.51. The lowest BCUT2D eigenvalue weighted by molar-refractivity contribution is -0.385. The molecule has 0 spiro atoms. The van der Waals surface area contributed by atoms with E-state index in [0.29, 0.717) is 18.6 Å². The summed E-state index contributed by atoms with van der Waals surface area (Å²) < 4.78 is 5.36. The molecule has 1 aromatic carbocycles. The number of nitro benzene ring substituents is 1. The van der Waals surface area contributed by atoms with E-state index in [9.17, 15) is 20.0 Å². The highest BCUT2D eigenvalue weighted by Gasteiger charge is 2.23. The molecule has 1 unspecified atom stereocenters. The van der Waals surface area contributed by atoms with Crippen LogP contribution in [-0.4, -0.2) is 22.6 Å². The van der Waals surface area contributed by atoms with E-state index in [1.807, 2.05) is 13.8 Å². The van der Waals surface area contributed by atoms with Crippen LogP contribution in [0.5, 0.6) is 5.75 Å². The van der Waals surface area contributed by atoms with Gasteiger partial charge in [0.1, 0.15) is 0 Å². The fourth-order valence-electron chi connectivity index (χ4n) is 1.95. The monoisotopic (exact) mass is 281 g/mol. The zero-order valence-corrected chi connectivity index (χ0v) is 11.7. The molecule has 1 rings (SSSR count). The average molecular weight is 281 g/mol. The van der Waals surface area contributed by atoms with E-state index in [2.05, 4.69) is 0 Å². The number of hydrogen-bond acceptors (Lipinski definition) is 4. The van der Waals surface area contributed by atoms with Gasteiger partial charge in [-0.3, -0.25) is 14.9 Å². The van der Waals surface area contributed by atoms with E-state index in [1.54, 1.807) is 0 Å². The molecule has 6 nitrogen and oxygen atoms in total. The van der Waals surface area contributed by atoms with E-state index in [-0.39, 0.29) is 11.4 Å². The molecule has 0 heterocycles. The Morgan fingerprint density at radius 3 is 2.60 bits per heavy atom. The number of hydrogen-bond donors (Lipinski definition) is 1. The summed E-state index contributed by atoms with van der Waals surface area (Å²) >= 11 is 0. The Labute approximate surface area is 117 Å². The van der Waals surface area contributed by atoms with Crippen molar-refractivity contribution in [2.24, 2.45) is 0 Å². The maximum absolute atomic E-state index is 11.3. The van der Waals surface area contributed by atoms with E-state index >= 15 is 0 Å². The predicted octanol–water partition coefficient (Wildman–Crippen LogP) is 3.35. The van der Waals surface area contributed by atoms with Gasteiger partial charge in [0, 0.05) is 6.07 Å². The summed E-state index contributed by atoms with van der Waals surface area (Å²) in [6.45, 7) is 4.15. The zero-order chi connectivity index (χ0) is 15.1. The fourth-order valence-corrected chi connectivity index (χ4v) is 1.95. The topological polar surface area (TPSA) is 89.7 Å². The number of carbonyl (C=O) groups is 1. The Morgan fingerprint density at radius 1 is 1.40 bits per heavy atom. The molecule has 0 saturated carbocycles. The van der Waals surface area contributed by atoms with E-state index < -0.39 is 16.8 Å². The SMILES string of the molecule is CCCOc1cc(C(CCC)C(=O)O)ccc1[N+](=O)[O-]. The minimum absolute atomic E-state index is 0.136. The van der Waals surface area contributed by atoms with Gasteiger partial charge in [0.2, 0.25) is 0 Å². The number of nitro groups is 1. The molecular formula is C14H19NO5. The van der Waals surface area contributed by atoms with Crippen molar-refractivity contribution in [3.63, 3.8) is 0 Å². The van der Waals surface area contributed by atoms with Gasteiger partial charge in [-0.15, -0.1) is 0 Å². The van der Waals surface area contributed by atoms with Gasteiger partial charge in [-0.05, 0) is 24.5 Å². The van der Waals surface area contributed by atoms with Gasteiger partial charge in [0.25, 0.3) is 0 Å². The van der Waals surface area contributed by atoms with Crippen molar-refractivity contribution in [1.29, 1.82) is 0 Å². The largest absolute Gasteiger partial charge is 0.487 e. The van der Waals surface area contributed by atoms with Crippen LogP contribution < -0.4 is 4.74 Å². The first-order chi connectivity index (χ1) is 9.51. The molecule has 0 amide bonds.